The van der Waals surface area contributed by atoms with E-state index in [1.807, 2.05) is 20.8 Å². The zero-order valence-electron chi connectivity index (χ0n) is 13.4. The SMILES string of the molecule is CCC(CCN)CCC(=O)N(CC(F)(F)F)C(CC)CC. The van der Waals surface area contributed by atoms with Crippen molar-refractivity contribution in [1.82, 2.24) is 4.90 Å². The lowest BCUT2D eigenvalue weighted by atomic mass is 9.96. The third-order valence-electron chi connectivity index (χ3n) is 3.97. The number of hydrogen-bond acceptors (Lipinski definition) is 2. The van der Waals surface area contributed by atoms with Gasteiger partial charge >= 0.3 is 6.18 Å². The number of carbonyl (C=O) groups is 1. The van der Waals surface area contributed by atoms with E-state index in [0.29, 0.717) is 31.7 Å². The summed E-state index contributed by atoms with van der Waals surface area (Å²) in [6.07, 6.45) is -0.773. The van der Waals surface area contributed by atoms with E-state index < -0.39 is 18.6 Å². The molecule has 0 aromatic rings. The molecule has 21 heavy (non-hydrogen) atoms. The molecular weight excluding hydrogens is 281 g/mol. The first-order valence-corrected chi connectivity index (χ1v) is 7.85. The molecule has 0 spiro atoms. The summed E-state index contributed by atoms with van der Waals surface area (Å²) in [4.78, 5) is 13.2. The standard InChI is InChI=1S/C15H29F3N2O/c1-4-12(9-10-19)7-8-14(21)20(11-15(16,17)18)13(5-2)6-3/h12-13H,4-11,19H2,1-3H3. The molecule has 1 amide bonds. The lowest BCUT2D eigenvalue weighted by Gasteiger charge is -2.31. The summed E-state index contributed by atoms with van der Waals surface area (Å²) < 4.78 is 38.0. The summed E-state index contributed by atoms with van der Waals surface area (Å²) in [7, 11) is 0. The van der Waals surface area contributed by atoms with Crippen LogP contribution in [0.15, 0.2) is 0 Å². The Bertz CT molecular complexity index is 291. The molecule has 0 aliphatic carbocycles. The number of alkyl halides is 3. The molecule has 1 atom stereocenters. The molecule has 0 aliphatic heterocycles. The summed E-state index contributed by atoms with van der Waals surface area (Å²) in [5.74, 6) is -0.0788. The molecule has 126 valence electrons. The fraction of sp³-hybridized carbons (Fsp3) is 0.933. The van der Waals surface area contributed by atoms with Gasteiger partial charge in [-0.05, 0) is 38.1 Å². The number of hydrogen-bond donors (Lipinski definition) is 1. The molecule has 0 rings (SSSR count). The van der Waals surface area contributed by atoms with Crippen LogP contribution in [0.4, 0.5) is 13.2 Å². The highest BCUT2D eigenvalue weighted by molar-refractivity contribution is 5.76. The second-order valence-corrected chi connectivity index (χ2v) is 5.50. The molecule has 0 saturated carbocycles. The minimum Gasteiger partial charge on any atom is -0.331 e. The van der Waals surface area contributed by atoms with E-state index in [2.05, 4.69) is 0 Å². The van der Waals surface area contributed by atoms with Crippen LogP contribution in [0, 0.1) is 5.92 Å². The second kappa shape index (κ2) is 10.0. The highest BCUT2D eigenvalue weighted by Crippen LogP contribution is 2.23. The van der Waals surface area contributed by atoms with Gasteiger partial charge in [0, 0.05) is 12.5 Å². The third-order valence-corrected chi connectivity index (χ3v) is 3.97. The summed E-state index contributed by atoms with van der Waals surface area (Å²) >= 11 is 0. The Hall–Kier alpha value is -0.780. The molecule has 0 aromatic carbocycles. The number of halogens is 3. The molecule has 0 aromatic heterocycles. The van der Waals surface area contributed by atoms with Crippen LogP contribution in [0.3, 0.4) is 0 Å². The molecule has 1 unspecified atom stereocenters. The van der Waals surface area contributed by atoms with Crippen molar-refractivity contribution in [2.24, 2.45) is 11.7 Å². The predicted octanol–water partition coefficient (Wildman–Crippen LogP) is 3.72. The van der Waals surface area contributed by atoms with Gasteiger partial charge in [-0.1, -0.05) is 27.2 Å². The smallest absolute Gasteiger partial charge is 0.331 e. The normalized spacial score (nSPS) is 13.5. The van der Waals surface area contributed by atoms with Gasteiger partial charge in [-0.25, -0.2) is 0 Å². The fourth-order valence-electron chi connectivity index (χ4n) is 2.60. The maximum absolute atomic E-state index is 12.7. The average Bonchev–Trinajstić information content (AvgIpc) is 2.42. The minimum absolute atomic E-state index is 0.172. The van der Waals surface area contributed by atoms with Crippen LogP contribution in [-0.4, -0.2) is 36.1 Å². The van der Waals surface area contributed by atoms with Crippen molar-refractivity contribution >= 4 is 5.91 Å². The molecule has 2 N–H and O–H groups in total. The number of nitrogens with two attached hydrogens (primary N) is 1. The average molecular weight is 310 g/mol. The summed E-state index contributed by atoms with van der Waals surface area (Å²) in [5, 5.41) is 0. The zero-order valence-corrected chi connectivity index (χ0v) is 13.4. The Balaban J connectivity index is 4.71. The van der Waals surface area contributed by atoms with E-state index >= 15 is 0 Å². The van der Waals surface area contributed by atoms with Crippen LogP contribution in [-0.2, 0) is 4.79 Å². The van der Waals surface area contributed by atoms with Crippen molar-refractivity contribution in [3.05, 3.63) is 0 Å². The van der Waals surface area contributed by atoms with Gasteiger partial charge in [-0.3, -0.25) is 4.79 Å². The third kappa shape index (κ3) is 8.29. The van der Waals surface area contributed by atoms with E-state index in [9.17, 15) is 18.0 Å². The predicted molar refractivity (Wildman–Crippen MR) is 78.8 cm³/mol. The Morgan fingerprint density at radius 1 is 1.10 bits per heavy atom. The largest absolute Gasteiger partial charge is 0.406 e. The van der Waals surface area contributed by atoms with Gasteiger partial charge in [-0.15, -0.1) is 0 Å². The molecular formula is C15H29F3N2O. The van der Waals surface area contributed by atoms with Crippen molar-refractivity contribution in [1.29, 1.82) is 0 Å². The van der Waals surface area contributed by atoms with Crippen molar-refractivity contribution < 1.29 is 18.0 Å². The van der Waals surface area contributed by atoms with Crippen LogP contribution in [0.1, 0.15) is 59.3 Å². The number of nitrogens with zero attached hydrogens (tertiary/aromatic N) is 1. The Morgan fingerprint density at radius 3 is 2.05 bits per heavy atom. The van der Waals surface area contributed by atoms with E-state index in [1.54, 1.807) is 0 Å². The summed E-state index contributed by atoms with van der Waals surface area (Å²) in [6, 6.07) is -0.339. The Labute approximate surface area is 126 Å². The van der Waals surface area contributed by atoms with E-state index in [0.717, 1.165) is 17.7 Å². The molecule has 0 radical (unpaired) electrons. The molecule has 0 bridgehead atoms. The van der Waals surface area contributed by atoms with Crippen LogP contribution in [0.2, 0.25) is 0 Å². The highest BCUT2D eigenvalue weighted by atomic mass is 19.4. The molecule has 6 heteroatoms. The van der Waals surface area contributed by atoms with E-state index in [4.69, 9.17) is 5.73 Å². The Kier molecular flexibility index (Phi) is 9.66. The molecule has 0 heterocycles. The summed E-state index contributed by atoms with van der Waals surface area (Å²) in [6.45, 7) is 5.04. The second-order valence-electron chi connectivity index (χ2n) is 5.50. The topological polar surface area (TPSA) is 46.3 Å². The monoisotopic (exact) mass is 310 g/mol. The molecule has 0 fully saturated rings. The molecule has 0 aliphatic rings. The number of rotatable bonds is 10. The van der Waals surface area contributed by atoms with Gasteiger partial charge in [-0.2, -0.15) is 13.2 Å². The first-order chi connectivity index (χ1) is 9.78. The first-order valence-electron chi connectivity index (χ1n) is 7.85. The van der Waals surface area contributed by atoms with E-state index in [-0.39, 0.29) is 12.5 Å². The number of carbonyl (C=O) groups excluding carboxylic acids is 1. The number of amides is 1. The lowest BCUT2D eigenvalue weighted by molar-refractivity contribution is -0.166. The summed E-state index contributed by atoms with van der Waals surface area (Å²) in [5.41, 5.74) is 5.50. The minimum atomic E-state index is -4.35. The van der Waals surface area contributed by atoms with Crippen LogP contribution < -0.4 is 5.73 Å². The first kappa shape index (κ1) is 20.2. The van der Waals surface area contributed by atoms with Crippen molar-refractivity contribution in [2.75, 3.05) is 13.1 Å². The van der Waals surface area contributed by atoms with Gasteiger partial charge in [0.15, 0.2) is 0 Å². The van der Waals surface area contributed by atoms with Crippen LogP contribution in [0.5, 0.6) is 0 Å². The van der Waals surface area contributed by atoms with E-state index in [1.165, 1.54) is 0 Å². The van der Waals surface area contributed by atoms with Crippen molar-refractivity contribution in [3.8, 4) is 0 Å². The highest BCUT2D eigenvalue weighted by Gasteiger charge is 2.35. The maximum Gasteiger partial charge on any atom is 0.406 e. The van der Waals surface area contributed by atoms with Gasteiger partial charge < -0.3 is 10.6 Å². The quantitative estimate of drug-likeness (QED) is 0.668. The van der Waals surface area contributed by atoms with Gasteiger partial charge in [0.05, 0.1) is 0 Å². The van der Waals surface area contributed by atoms with Gasteiger partial charge in [0.25, 0.3) is 0 Å². The van der Waals surface area contributed by atoms with Gasteiger partial charge in [0.1, 0.15) is 6.54 Å². The lowest BCUT2D eigenvalue weighted by Crippen LogP contribution is -2.45. The zero-order chi connectivity index (χ0) is 16.5. The maximum atomic E-state index is 12.7. The van der Waals surface area contributed by atoms with Crippen molar-refractivity contribution in [3.63, 3.8) is 0 Å². The Morgan fingerprint density at radius 2 is 1.67 bits per heavy atom. The fourth-order valence-corrected chi connectivity index (χ4v) is 2.60. The van der Waals surface area contributed by atoms with Crippen LogP contribution >= 0.6 is 0 Å². The van der Waals surface area contributed by atoms with Crippen LogP contribution in [0.25, 0.3) is 0 Å². The van der Waals surface area contributed by atoms with Crippen molar-refractivity contribution in [2.45, 2.75) is 71.5 Å². The molecule has 0 saturated heterocycles. The van der Waals surface area contributed by atoms with Gasteiger partial charge in [0.2, 0.25) is 5.91 Å². The molecule has 3 nitrogen and oxygen atoms in total.